The highest BCUT2D eigenvalue weighted by molar-refractivity contribution is 5.79. The standard InChI is InChI=1S/C20H21NO5/c22-13-24-12-17(10-15-4-2-1-3-5-15)20(23)21-9-8-16-6-7-18-19(11-16)26-14-25-18/h1-7,11,13,17H,8-10,12,14H2,(H,21,23). The number of hydrogen-bond acceptors (Lipinski definition) is 5. The second-order valence-electron chi connectivity index (χ2n) is 6.04. The Morgan fingerprint density at radius 2 is 1.92 bits per heavy atom. The zero-order valence-electron chi connectivity index (χ0n) is 14.4. The minimum atomic E-state index is -0.417. The number of carbonyl (C=O) groups excluding carboxylic acids is 2. The van der Waals surface area contributed by atoms with Crippen LogP contribution in [0.4, 0.5) is 0 Å². The molecule has 0 saturated carbocycles. The molecule has 0 aliphatic carbocycles. The quantitative estimate of drug-likeness (QED) is 0.698. The van der Waals surface area contributed by atoms with Gasteiger partial charge in [0.05, 0.1) is 5.92 Å². The first-order valence-electron chi connectivity index (χ1n) is 8.51. The van der Waals surface area contributed by atoms with Gasteiger partial charge < -0.3 is 19.5 Å². The number of rotatable bonds is 9. The van der Waals surface area contributed by atoms with E-state index in [2.05, 4.69) is 5.32 Å². The number of ether oxygens (including phenoxy) is 3. The normalized spacial score (nSPS) is 13.1. The summed E-state index contributed by atoms with van der Waals surface area (Å²) in [5, 5.41) is 2.92. The third kappa shape index (κ3) is 4.75. The number of benzene rings is 2. The van der Waals surface area contributed by atoms with Gasteiger partial charge in [0.2, 0.25) is 12.7 Å². The predicted octanol–water partition coefficient (Wildman–Crippen LogP) is 2.11. The molecule has 1 N–H and O–H groups in total. The lowest BCUT2D eigenvalue weighted by molar-refractivity contribution is -0.134. The lowest BCUT2D eigenvalue weighted by atomic mass is 9.99. The molecule has 1 heterocycles. The maximum Gasteiger partial charge on any atom is 0.293 e. The largest absolute Gasteiger partial charge is 0.467 e. The van der Waals surface area contributed by atoms with Crippen molar-refractivity contribution in [2.45, 2.75) is 12.8 Å². The highest BCUT2D eigenvalue weighted by Crippen LogP contribution is 2.32. The van der Waals surface area contributed by atoms with Crippen molar-refractivity contribution in [1.82, 2.24) is 5.32 Å². The SMILES string of the molecule is O=COCC(Cc1ccccc1)C(=O)NCCc1ccc2c(c1)OCO2. The topological polar surface area (TPSA) is 73.9 Å². The van der Waals surface area contributed by atoms with Crippen molar-refractivity contribution in [2.24, 2.45) is 5.92 Å². The molecular weight excluding hydrogens is 334 g/mol. The molecule has 6 heteroatoms. The van der Waals surface area contributed by atoms with Crippen LogP contribution in [0.15, 0.2) is 48.5 Å². The monoisotopic (exact) mass is 355 g/mol. The van der Waals surface area contributed by atoms with E-state index in [0.29, 0.717) is 25.9 Å². The molecule has 1 aliphatic heterocycles. The first-order chi connectivity index (χ1) is 12.8. The Morgan fingerprint density at radius 3 is 2.73 bits per heavy atom. The van der Waals surface area contributed by atoms with E-state index in [0.717, 1.165) is 22.6 Å². The molecule has 0 fully saturated rings. The fraction of sp³-hybridized carbons (Fsp3) is 0.300. The van der Waals surface area contributed by atoms with Crippen LogP contribution < -0.4 is 14.8 Å². The zero-order chi connectivity index (χ0) is 18.2. The molecule has 1 aliphatic rings. The van der Waals surface area contributed by atoms with Crippen LogP contribution >= 0.6 is 0 Å². The summed E-state index contributed by atoms with van der Waals surface area (Å²) in [4.78, 5) is 23.0. The van der Waals surface area contributed by atoms with E-state index in [1.165, 1.54) is 0 Å². The molecule has 0 radical (unpaired) electrons. The van der Waals surface area contributed by atoms with Crippen LogP contribution in [0.3, 0.4) is 0 Å². The molecule has 1 unspecified atom stereocenters. The molecule has 1 atom stereocenters. The average molecular weight is 355 g/mol. The van der Waals surface area contributed by atoms with E-state index in [1.807, 2.05) is 48.5 Å². The van der Waals surface area contributed by atoms with Gasteiger partial charge in [-0.15, -0.1) is 0 Å². The van der Waals surface area contributed by atoms with Crippen LogP contribution in [-0.4, -0.2) is 32.3 Å². The van der Waals surface area contributed by atoms with Gasteiger partial charge in [-0.1, -0.05) is 36.4 Å². The fourth-order valence-corrected chi connectivity index (χ4v) is 2.85. The Balaban J connectivity index is 1.52. The number of fused-ring (bicyclic) bond motifs is 1. The van der Waals surface area contributed by atoms with Crippen molar-refractivity contribution in [2.75, 3.05) is 19.9 Å². The zero-order valence-corrected chi connectivity index (χ0v) is 14.4. The number of hydrogen-bond donors (Lipinski definition) is 1. The molecule has 2 aromatic rings. The van der Waals surface area contributed by atoms with Gasteiger partial charge in [0.1, 0.15) is 6.61 Å². The first kappa shape index (κ1) is 17.8. The van der Waals surface area contributed by atoms with E-state index < -0.39 is 5.92 Å². The van der Waals surface area contributed by atoms with E-state index in [1.54, 1.807) is 0 Å². The Labute approximate surface area is 152 Å². The van der Waals surface area contributed by atoms with Gasteiger partial charge in [-0.3, -0.25) is 9.59 Å². The summed E-state index contributed by atoms with van der Waals surface area (Å²) in [6.45, 7) is 1.17. The lowest BCUT2D eigenvalue weighted by Gasteiger charge is -2.16. The molecule has 0 saturated heterocycles. The third-order valence-electron chi connectivity index (χ3n) is 4.21. The first-order valence-corrected chi connectivity index (χ1v) is 8.51. The van der Waals surface area contributed by atoms with Crippen LogP contribution in [0, 0.1) is 5.92 Å². The summed E-state index contributed by atoms with van der Waals surface area (Å²) in [5.74, 6) is 0.928. The summed E-state index contributed by atoms with van der Waals surface area (Å²) in [6.07, 6.45) is 1.19. The highest BCUT2D eigenvalue weighted by atomic mass is 16.7. The molecule has 3 rings (SSSR count). The van der Waals surface area contributed by atoms with Crippen LogP contribution in [-0.2, 0) is 27.2 Å². The van der Waals surface area contributed by atoms with E-state index in [-0.39, 0.29) is 19.3 Å². The number of amides is 1. The molecule has 0 bridgehead atoms. The molecule has 6 nitrogen and oxygen atoms in total. The minimum absolute atomic E-state index is 0.0637. The maximum atomic E-state index is 12.5. The molecule has 0 aromatic heterocycles. The fourth-order valence-electron chi connectivity index (χ4n) is 2.85. The highest BCUT2D eigenvalue weighted by Gasteiger charge is 2.20. The van der Waals surface area contributed by atoms with Gasteiger partial charge in [0, 0.05) is 6.54 Å². The molecular formula is C20H21NO5. The van der Waals surface area contributed by atoms with Crippen molar-refractivity contribution in [3.8, 4) is 11.5 Å². The Bertz CT molecular complexity index is 747. The second kappa shape index (κ2) is 8.89. The summed E-state index contributed by atoms with van der Waals surface area (Å²) in [7, 11) is 0. The van der Waals surface area contributed by atoms with E-state index >= 15 is 0 Å². The predicted molar refractivity (Wildman–Crippen MR) is 94.9 cm³/mol. The van der Waals surface area contributed by atoms with Gasteiger partial charge in [0.15, 0.2) is 11.5 Å². The molecule has 136 valence electrons. The number of nitrogens with one attached hydrogen (secondary N) is 1. The number of carbonyl (C=O) groups is 2. The summed E-state index contributed by atoms with van der Waals surface area (Å²) in [5.41, 5.74) is 2.08. The van der Waals surface area contributed by atoms with Gasteiger partial charge >= 0.3 is 0 Å². The Hall–Kier alpha value is -3.02. The molecule has 2 aromatic carbocycles. The molecule has 1 amide bonds. The Morgan fingerprint density at radius 1 is 1.12 bits per heavy atom. The van der Waals surface area contributed by atoms with E-state index in [4.69, 9.17) is 14.2 Å². The summed E-state index contributed by atoms with van der Waals surface area (Å²) in [6, 6.07) is 15.4. The molecule has 26 heavy (non-hydrogen) atoms. The average Bonchev–Trinajstić information content (AvgIpc) is 3.13. The van der Waals surface area contributed by atoms with Crippen molar-refractivity contribution in [3.05, 3.63) is 59.7 Å². The van der Waals surface area contributed by atoms with Crippen LogP contribution in [0.1, 0.15) is 11.1 Å². The van der Waals surface area contributed by atoms with Gasteiger partial charge in [-0.25, -0.2) is 0 Å². The Kier molecular flexibility index (Phi) is 6.09. The van der Waals surface area contributed by atoms with Crippen molar-refractivity contribution in [3.63, 3.8) is 0 Å². The van der Waals surface area contributed by atoms with Crippen molar-refractivity contribution < 1.29 is 23.8 Å². The lowest BCUT2D eigenvalue weighted by Crippen LogP contribution is -2.35. The van der Waals surface area contributed by atoms with Crippen molar-refractivity contribution >= 4 is 12.4 Å². The van der Waals surface area contributed by atoms with E-state index in [9.17, 15) is 9.59 Å². The molecule has 0 spiro atoms. The minimum Gasteiger partial charge on any atom is -0.467 e. The summed E-state index contributed by atoms with van der Waals surface area (Å²) < 4.78 is 15.5. The van der Waals surface area contributed by atoms with Crippen LogP contribution in [0.2, 0.25) is 0 Å². The maximum absolute atomic E-state index is 12.5. The second-order valence-corrected chi connectivity index (χ2v) is 6.04. The van der Waals surface area contributed by atoms with Crippen LogP contribution in [0.5, 0.6) is 11.5 Å². The smallest absolute Gasteiger partial charge is 0.293 e. The van der Waals surface area contributed by atoms with Gasteiger partial charge in [-0.2, -0.15) is 0 Å². The summed E-state index contributed by atoms with van der Waals surface area (Å²) >= 11 is 0. The third-order valence-corrected chi connectivity index (χ3v) is 4.21. The van der Waals surface area contributed by atoms with Gasteiger partial charge in [-0.05, 0) is 36.1 Å². The van der Waals surface area contributed by atoms with Crippen LogP contribution in [0.25, 0.3) is 0 Å². The van der Waals surface area contributed by atoms with Gasteiger partial charge in [0.25, 0.3) is 6.47 Å². The van der Waals surface area contributed by atoms with Crippen molar-refractivity contribution in [1.29, 1.82) is 0 Å².